The Kier molecular flexibility index (Phi) is 4.21. The van der Waals surface area contributed by atoms with Crippen LogP contribution >= 0.6 is 0 Å². The second-order valence-electron chi connectivity index (χ2n) is 6.72. The highest BCUT2D eigenvalue weighted by atomic mass is 16.2. The Morgan fingerprint density at radius 1 is 1.30 bits per heavy atom. The largest absolute Gasteiger partial charge is 0.338 e. The van der Waals surface area contributed by atoms with Crippen molar-refractivity contribution in [3.05, 3.63) is 0 Å². The molecular formula is C16H26N4O3. The number of likely N-dealkylation sites (tertiary alicyclic amines) is 1. The minimum Gasteiger partial charge on any atom is -0.338 e. The van der Waals surface area contributed by atoms with E-state index in [2.05, 4.69) is 12.2 Å². The van der Waals surface area contributed by atoms with E-state index in [1.165, 1.54) is 4.90 Å². The lowest BCUT2D eigenvalue weighted by atomic mass is 9.90. The van der Waals surface area contributed by atoms with Crippen molar-refractivity contribution in [1.29, 1.82) is 0 Å². The molecule has 0 aliphatic carbocycles. The number of hydrogen-bond donors (Lipinski definition) is 1. The van der Waals surface area contributed by atoms with Gasteiger partial charge < -0.3 is 15.1 Å². The second-order valence-corrected chi connectivity index (χ2v) is 6.72. The Labute approximate surface area is 137 Å². The van der Waals surface area contributed by atoms with E-state index in [0.29, 0.717) is 32.6 Å². The molecule has 7 nitrogen and oxygen atoms in total. The van der Waals surface area contributed by atoms with Crippen LogP contribution in [0.3, 0.4) is 0 Å². The SMILES string of the molecule is CCC[C@]12CCCN1C(=O)N([C@H]1CCN(C(=O)NCC)C1)C2=O. The van der Waals surface area contributed by atoms with Gasteiger partial charge in [0.15, 0.2) is 0 Å². The van der Waals surface area contributed by atoms with E-state index in [-0.39, 0.29) is 24.0 Å². The first-order chi connectivity index (χ1) is 11.0. The molecule has 2 atom stereocenters. The van der Waals surface area contributed by atoms with E-state index >= 15 is 0 Å². The smallest absolute Gasteiger partial charge is 0.327 e. The van der Waals surface area contributed by atoms with Crippen LogP contribution in [-0.4, -0.2) is 70.4 Å². The number of nitrogens with one attached hydrogen (secondary N) is 1. The maximum atomic E-state index is 13.0. The lowest BCUT2D eigenvalue weighted by Crippen LogP contribution is -2.47. The second kappa shape index (κ2) is 6.02. The number of urea groups is 2. The molecular weight excluding hydrogens is 296 g/mol. The van der Waals surface area contributed by atoms with Gasteiger partial charge in [0, 0.05) is 26.2 Å². The lowest BCUT2D eigenvalue weighted by molar-refractivity contribution is -0.134. The predicted molar refractivity (Wildman–Crippen MR) is 84.9 cm³/mol. The van der Waals surface area contributed by atoms with Crippen molar-refractivity contribution in [2.24, 2.45) is 0 Å². The highest BCUT2D eigenvalue weighted by Gasteiger charge is 2.60. The van der Waals surface area contributed by atoms with E-state index in [1.807, 2.05) is 6.92 Å². The van der Waals surface area contributed by atoms with Crippen molar-refractivity contribution >= 4 is 18.0 Å². The molecule has 0 saturated carbocycles. The third-order valence-corrected chi connectivity index (χ3v) is 5.35. The van der Waals surface area contributed by atoms with Crippen LogP contribution in [0.25, 0.3) is 0 Å². The third-order valence-electron chi connectivity index (χ3n) is 5.35. The van der Waals surface area contributed by atoms with Gasteiger partial charge in [0.05, 0.1) is 6.04 Å². The van der Waals surface area contributed by atoms with Crippen LogP contribution in [0.2, 0.25) is 0 Å². The molecule has 5 amide bonds. The number of imide groups is 1. The highest BCUT2D eigenvalue weighted by molar-refractivity contribution is 6.07. The van der Waals surface area contributed by atoms with E-state index in [9.17, 15) is 14.4 Å². The van der Waals surface area contributed by atoms with Crippen LogP contribution in [0.15, 0.2) is 0 Å². The molecule has 0 radical (unpaired) electrons. The van der Waals surface area contributed by atoms with Gasteiger partial charge in [-0.25, -0.2) is 9.59 Å². The third kappa shape index (κ3) is 2.37. The monoisotopic (exact) mass is 322 g/mol. The first-order valence-corrected chi connectivity index (χ1v) is 8.73. The zero-order chi connectivity index (χ0) is 16.6. The van der Waals surface area contributed by atoms with Gasteiger partial charge in [-0.1, -0.05) is 13.3 Å². The Morgan fingerprint density at radius 2 is 2.09 bits per heavy atom. The van der Waals surface area contributed by atoms with Crippen molar-refractivity contribution in [3.8, 4) is 0 Å². The van der Waals surface area contributed by atoms with Crippen molar-refractivity contribution in [2.75, 3.05) is 26.2 Å². The van der Waals surface area contributed by atoms with Crippen LogP contribution < -0.4 is 5.32 Å². The van der Waals surface area contributed by atoms with Gasteiger partial charge in [-0.05, 0) is 32.6 Å². The highest BCUT2D eigenvalue weighted by Crippen LogP contribution is 2.42. The summed E-state index contributed by atoms with van der Waals surface area (Å²) in [5.74, 6) is -0.0374. The predicted octanol–water partition coefficient (Wildman–Crippen LogP) is 1.39. The normalized spacial score (nSPS) is 30.3. The molecule has 0 spiro atoms. The summed E-state index contributed by atoms with van der Waals surface area (Å²) in [5.41, 5.74) is -0.606. The maximum absolute atomic E-state index is 13.0. The van der Waals surface area contributed by atoms with Crippen LogP contribution in [0, 0.1) is 0 Å². The minimum atomic E-state index is -0.606. The van der Waals surface area contributed by atoms with Gasteiger partial charge in [0.2, 0.25) is 0 Å². The Hall–Kier alpha value is -1.79. The van der Waals surface area contributed by atoms with Crippen LogP contribution in [0.5, 0.6) is 0 Å². The topological polar surface area (TPSA) is 73.0 Å². The van der Waals surface area contributed by atoms with Gasteiger partial charge in [-0.3, -0.25) is 9.69 Å². The minimum absolute atomic E-state index is 0.0374. The number of carbonyl (C=O) groups excluding carboxylic acids is 3. The number of amides is 5. The summed E-state index contributed by atoms with van der Waals surface area (Å²) < 4.78 is 0. The molecule has 1 N–H and O–H groups in total. The first-order valence-electron chi connectivity index (χ1n) is 8.73. The molecule has 3 saturated heterocycles. The Morgan fingerprint density at radius 3 is 2.78 bits per heavy atom. The molecule has 128 valence electrons. The van der Waals surface area contributed by atoms with Crippen molar-refractivity contribution < 1.29 is 14.4 Å². The van der Waals surface area contributed by atoms with Crippen LogP contribution in [0.1, 0.15) is 46.0 Å². The Balaban J connectivity index is 1.76. The van der Waals surface area contributed by atoms with Crippen molar-refractivity contribution in [1.82, 2.24) is 20.0 Å². The fourth-order valence-corrected chi connectivity index (χ4v) is 4.32. The van der Waals surface area contributed by atoms with Crippen molar-refractivity contribution in [2.45, 2.75) is 57.5 Å². The average molecular weight is 322 g/mol. The van der Waals surface area contributed by atoms with Gasteiger partial charge in [0.1, 0.15) is 5.54 Å². The Bertz CT molecular complexity index is 523. The van der Waals surface area contributed by atoms with E-state index in [0.717, 1.165) is 25.7 Å². The summed E-state index contributed by atoms with van der Waals surface area (Å²) in [6.07, 6.45) is 3.97. The molecule has 23 heavy (non-hydrogen) atoms. The lowest BCUT2D eigenvalue weighted by Gasteiger charge is -2.27. The van der Waals surface area contributed by atoms with Gasteiger partial charge in [0.25, 0.3) is 5.91 Å². The van der Waals surface area contributed by atoms with E-state index in [4.69, 9.17) is 0 Å². The summed E-state index contributed by atoms with van der Waals surface area (Å²) in [5, 5.41) is 2.78. The van der Waals surface area contributed by atoms with E-state index < -0.39 is 5.54 Å². The molecule has 3 aliphatic heterocycles. The summed E-state index contributed by atoms with van der Waals surface area (Å²) in [4.78, 5) is 42.7. The average Bonchev–Trinajstić information content (AvgIpc) is 3.19. The number of fused-ring (bicyclic) bond motifs is 1. The first kappa shape index (κ1) is 16.1. The maximum Gasteiger partial charge on any atom is 0.327 e. The molecule has 3 heterocycles. The van der Waals surface area contributed by atoms with Gasteiger partial charge >= 0.3 is 12.1 Å². The molecule has 0 aromatic carbocycles. The molecule has 3 rings (SSSR count). The number of nitrogens with zero attached hydrogens (tertiary/aromatic N) is 3. The summed E-state index contributed by atoms with van der Waals surface area (Å²) in [6, 6.07) is -0.446. The fraction of sp³-hybridized carbons (Fsp3) is 0.812. The standard InChI is InChI=1S/C16H26N4O3/c1-3-7-16-8-5-9-19(16)15(23)20(13(16)21)12-6-10-18(11-12)14(22)17-4-2/h12H,3-11H2,1-2H3,(H,17,22)/t12-,16+/m0/s1. The van der Waals surface area contributed by atoms with Gasteiger partial charge in [-0.15, -0.1) is 0 Å². The number of hydrogen-bond acceptors (Lipinski definition) is 3. The number of rotatable bonds is 4. The zero-order valence-electron chi connectivity index (χ0n) is 14.0. The molecule has 0 aromatic heterocycles. The quantitative estimate of drug-likeness (QED) is 0.795. The van der Waals surface area contributed by atoms with E-state index in [1.54, 1.807) is 9.80 Å². The molecule has 0 unspecified atom stereocenters. The fourth-order valence-electron chi connectivity index (χ4n) is 4.32. The van der Waals surface area contributed by atoms with Crippen LogP contribution in [-0.2, 0) is 4.79 Å². The molecule has 0 bridgehead atoms. The zero-order valence-corrected chi connectivity index (χ0v) is 14.0. The van der Waals surface area contributed by atoms with Gasteiger partial charge in [-0.2, -0.15) is 0 Å². The number of carbonyl (C=O) groups is 3. The summed E-state index contributed by atoms with van der Waals surface area (Å²) in [7, 11) is 0. The summed E-state index contributed by atoms with van der Waals surface area (Å²) >= 11 is 0. The molecule has 3 aliphatic rings. The molecule has 7 heteroatoms. The molecule has 0 aromatic rings. The van der Waals surface area contributed by atoms with Crippen molar-refractivity contribution in [3.63, 3.8) is 0 Å². The van der Waals surface area contributed by atoms with Crippen LogP contribution in [0.4, 0.5) is 9.59 Å². The summed E-state index contributed by atoms with van der Waals surface area (Å²) in [6.45, 7) is 6.22. The molecule has 3 fully saturated rings.